The predicted octanol–water partition coefficient (Wildman–Crippen LogP) is 4.52. The molecule has 0 amide bonds. The molecule has 0 N–H and O–H groups in total. The minimum Gasteiger partial charge on any atom is -0.464 e. The monoisotopic (exact) mass is 334 g/mol. The van der Waals surface area contributed by atoms with Gasteiger partial charge < -0.3 is 4.74 Å². The number of carbonyl (C=O) groups excluding carboxylic acids is 1. The van der Waals surface area contributed by atoms with Gasteiger partial charge in [-0.3, -0.25) is 0 Å². The molecule has 2 nitrogen and oxygen atoms in total. The van der Waals surface area contributed by atoms with E-state index in [1.54, 1.807) is 30.8 Å². The van der Waals surface area contributed by atoms with Crippen LogP contribution >= 0.6 is 27.7 Å². The van der Waals surface area contributed by atoms with Gasteiger partial charge in [0.1, 0.15) is 0 Å². The van der Waals surface area contributed by atoms with Gasteiger partial charge in [-0.1, -0.05) is 19.9 Å². The first-order valence-corrected chi connectivity index (χ1v) is 7.39. The first kappa shape index (κ1) is 15.5. The average Bonchev–Trinajstić information content (AvgIpc) is 2.30. The molecule has 0 saturated heterocycles. The zero-order valence-corrected chi connectivity index (χ0v) is 13.0. The Morgan fingerprint density at radius 1 is 1.50 bits per heavy atom. The topological polar surface area (TPSA) is 26.3 Å². The van der Waals surface area contributed by atoms with E-state index in [1.807, 2.05) is 6.07 Å². The van der Waals surface area contributed by atoms with Crippen LogP contribution in [0.15, 0.2) is 27.6 Å². The Morgan fingerprint density at radius 2 is 2.17 bits per heavy atom. The zero-order valence-electron chi connectivity index (χ0n) is 10.6. The second-order valence-corrected chi connectivity index (χ2v) is 6.44. The van der Waals surface area contributed by atoms with Crippen LogP contribution in [-0.4, -0.2) is 17.8 Å². The Balaban J connectivity index is 2.86. The highest BCUT2D eigenvalue weighted by atomic mass is 79.9. The van der Waals surface area contributed by atoms with E-state index in [-0.39, 0.29) is 6.61 Å². The second kappa shape index (κ2) is 7.14. The molecule has 0 radical (unpaired) electrons. The molecule has 100 valence electrons. The maximum Gasteiger partial charge on any atom is 0.345 e. The molecule has 0 aliphatic carbocycles. The number of halogens is 2. The van der Waals surface area contributed by atoms with E-state index in [1.165, 1.54) is 0 Å². The van der Waals surface area contributed by atoms with E-state index < -0.39 is 12.1 Å². The van der Waals surface area contributed by atoms with Crippen LogP contribution in [0.2, 0.25) is 0 Å². The van der Waals surface area contributed by atoms with E-state index in [0.717, 1.165) is 9.37 Å². The summed E-state index contributed by atoms with van der Waals surface area (Å²) in [5.41, 5.74) is 0.313. The molecule has 18 heavy (non-hydrogen) atoms. The number of rotatable bonds is 5. The minimum atomic E-state index is -1.72. The first-order valence-electron chi connectivity index (χ1n) is 5.72. The fourth-order valence-electron chi connectivity index (χ4n) is 1.38. The maximum absolute atomic E-state index is 13.8. The van der Waals surface area contributed by atoms with Gasteiger partial charge in [-0.2, -0.15) is 0 Å². The van der Waals surface area contributed by atoms with E-state index >= 15 is 0 Å². The largest absolute Gasteiger partial charge is 0.464 e. The maximum atomic E-state index is 13.8. The van der Waals surface area contributed by atoms with E-state index in [9.17, 15) is 9.18 Å². The summed E-state index contributed by atoms with van der Waals surface area (Å²) in [6, 6.07) is 5.07. The summed E-state index contributed by atoms with van der Waals surface area (Å²) in [6.45, 7) is 6.01. The van der Waals surface area contributed by atoms with Gasteiger partial charge in [-0.05, 0) is 40.5 Å². The van der Waals surface area contributed by atoms with Crippen molar-refractivity contribution >= 4 is 33.7 Å². The highest BCUT2D eigenvalue weighted by Gasteiger charge is 2.21. The molecule has 1 rings (SSSR count). The molecule has 5 heteroatoms. The van der Waals surface area contributed by atoms with Crippen LogP contribution in [0.1, 0.15) is 32.5 Å². The summed E-state index contributed by atoms with van der Waals surface area (Å²) in [6.07, 6.45) is -1.72. The van der Waals surface area contributed by atoms with Gasteiger partial charge in [0, 0.05) is 14.6 Å². The molecule has 1 atom stereocenters. The lowest BCUT2D eigenvalue weighted by Crippen LogP contribution is -2.11. The first-order chi connectivity index (χ1) is 8.45. The van der Waals surface area contributed by atoms with E-state index in [2.05, 4.69) is 34.5 Å². The minimum absolute atomic E-state index is 0.182. The normalized spacial score (nSPS) is 12.6. The van der Waals surface area contributed by atoms with Crippen LogP contribution in [0.25, 0.3) is 0 Å². The highest BCUT2D eigenvalue weighted by molar-refractivity contribution is 9.10. The molecule has 0 fully saturated rings. The van der Waals surface area contributed by atoms with Crippen molar-refractivity contribution in [2.24, 2.45) is 0 Å². The van der Waals surface area contributed by atoms with Gasteiger partial charge in [0.05, 0.1) is 6.61 Å². The molecule has 0 spiro atoms. The lowest BCUT2D eigenvalue weighted by atomic mass is 10.1. The molecule has 0 aromatic heterocycles. The SMILES string of the molecule is CCOC(=O)C(F)c1ccc(SC(C)C)c(Br)c1. The fourth-order valence-corrected chi connectivity index (χ4v) is 2.88. The van der Waals surface area contributed by atoms with Crippen molar-refractivity contribution in [2.75, 3.05) is 6.61 Å². The van der Waals surface area contributed by atoms with Crippen molar-refractivity contribution in [1.29, 1.82) is 0 Å². The number of esters is 1. The number of carbonyl (C=O) groups is 1. The number of benzene rings is 1. The lowest BCUT2D eigenvalue weighted by molar-refractivity contribution is -0.149. The van der Waals surface area contributed by atoms with Crippen molar-refractivity contribution in [1.82, 2.24) is 0 Å². The molecule has 0 heterocycles. The van der Waals surface area contributed by atoms with Crippen LogP contribution in [0.3, 0.4) is 0 Å². The van der Waals surface area contributed by atoms with E-state index in [0.29, 0.717) is 10.8 Å². The van der Waals surface area contributed by atoms with Crippen molar-refractivity contribution in [3.05, 3.63) is 28.2 Å². The third-order valence-corrected chi connectivity index (χ3v) is 4.10. The Bertz CT molecular complexity index is 423. The number of alkyl halides is 1. The second-order valence-electron chi connectivity index (χ2n) is 3.97. The number of ether oxygens (including phenoxy) is 1. The fraction of sp³-hybridized carbons (Fsp3) is 0.462. The van der Waals surface area contributed by atoms with Crippen molar-refractivity contribution in [3.8, 4) is 0 Å². The van der Waals surface area contributed by atoms with Crippen molar-refractivity contribution in [3.63, 3.8) is 0 Å². The van der Waals surface area contributed by atoms with Gasteiger partial charge in [0.2, 0.25) is 6.17 Å². The van der Waals surface area contributed by atoms with Crippen LogP contribution in [-0.2, 0) is 9.53 Å². The highest BCUT2D eigenvalue weighted by Crippen LogP contribution is 2.33. The van der Waals surface area contributed by atoms with Gasteiger partial charge in [0.15, 0.2) is 0 Å². The summed E-state index contributed by atoms with van der Waals surface area (Å²) in [5.74, 6) is -0.839. The van der Waals surface area contributed by atoms with E-state index in [4.69, 9.17) is 0 Å². The summed E-state index contributed by atoms with van der Waals surface area (Å²) in [7, 11) is 0. The van der Waals surface area contributed by atoms with Crippen LogP contribution in [0, 0.1) is 0 Å². The van der Waals surface area contributed by atoms with Crippen LogP contribution in [0.4, 0.5) is 4.39 Å². The van der Waals surface area contributed by atoms with Gasteiger partial charge in [-0.15, -0.1) is 11.8 Å². The quantitative estimate of drug-likeness (QED) is 0.584. The summed E-state index contributed by atoms with van der Waals surface area (Å²) >= 11 is 5.07. The molecule has 1 aromatic carbocycles. The van der Waals surface area contributed by atoms with Crippen molar-refractivity contribution in [2.45, 2.75) is 37.1 Å². The summed E-state index contributed by atoms with van der Waals surface area (Å²) in [5, 5.41) is 0.443. The zero-order chi connectivity index (χ0) is 13.7. The third-order valence-electron chi connectivity index (χ3n) is 2.10. The molecular formula is C13H16BrFO2S. The van der Waals surface area contributed by atoms with Gasteiger partial charge in [-0.25, -0.2) is 9.18 Å². The summed E-state index contributed by atoms with van der Waals surface area (Å²) in [4.78, 5) is 12.3. The number of hydrogen-bond donors (Lipinski definition) is 0. The van der Waals surface area contributed by atoms with Crippen LogP contribution in [0.5, 0.6) is 0 Å². The standard InChI is InChI=1S/C13H16BrFO2S/c1-4-17-13(16)12(15)9-5-6-11(10(14)7-9)18-8(2)3/h5-8,12H,4H2,1-3H3. The number of thioether (sulfide) groups is 1. The molecule has 0 aliphatic heterocycles. The van der Waals surface area contributed by atoms with Crippen molar-refractivity contribution < 1.29 is 13.9 Å². The molecule has 0 bridgehead atoms. The smallest absolute Gasteiger partial charge is 0.345 e. The Morgan fingerprint density at radius 3 is 2.67 bits per heavy atom. The predicted molar refractivity (Wildman–Crippen MR) is 75.6 cm³/mol. The molecule has 0 aliphatic rings. The Labute approximate surface area is 119 Å². The third kappa shape index (κ3) is 4.28. The average molecular weight is 335 g/mol. The summed E-state index contributed by atoms with van der Waals surface area (Å²) < 4.78 is 19.2. The molecule has 1 unspecified atom stereocenters. The molecule has 0 saturated carbocycles. The number of hydrogen-bond acceptors (Lipinski definition) is 3. The van der Waals surface area contributed by atoms with Gasteiger partial charge >= 0.3 is 5.97 Å². The Kier molecular flexibility index (Phi) is 6.15. The van der Waals surface area contributed by atoms with Crippen LogP contribution < -0.4 is 0 Å². The molecular weight excluding hydrogens is 319 g/mol. The lowest BCUT2D eigenvalue weighted by Gasteiger charge is -2.11. The van der Waals surface area contributed by atoms with Gasteiger partial charge in [0.25, 0.3) is 0 Å². The Hall–Kier alpha value is -0.550. The molecule has 1 aromatic rings.